The van der Waals surface area contributed by atoms with Crippen LogP contribution in [0.15, 0.2) is 0 Å². The molecule has 0 spiro atoms. The average Bonchev–Trinajstić information content (AvgIpc) is 2.14. The van der Waals surface area contributed by atoms with Crippen LogP contribution in [0.1, 0.15) is 58.8 Å². The zero-order chi connectivity index (χ0) is 10.4. The Bertz CT molecular complexity index is 148. The molecule has 0 aromatic carbocycles. The molecule has 14 heavy (non-hydrogen) atoms. The summed E-state index contributed by atoms with van der Waals surface area (Å²) in [5, 5.41) is 10.2. The standard InChI is InChI=1S/C12H24O2/c1-11(2)14-10-6-9-12(13)7-4-3-5-8-12/h11,13H,3-10H2,1-2H3. The van der Waals surface area contributed by atoms with E-state index in [1.54, 1.807) is 0 Å². The van der Waals surface area contributed by atoms with Crippen LogP contribution in [0.3, 0.4) is 0 Å². The van der Waals surface area contributed by atoms with E-state index in [0.717, 1.165) is 32.3 Å². The van der Waals surface area contributed by atoms with Crippen LogP contribution in [0, 0.1) is 0 Å². The average molecular weight is 200 g/mol. The Hall–Kier alpha value is -0.0800. The summed E-state index contributed by atoms with van der Waals surface area (Å²) in [6.07, 6.45) is 7.90. The molecule has 2 nitrogen and oxygen atoms in total. The third-order valence-electron chi connectivity index (χ3n) is 3.02. The third-order valence-corrected chi connectivity index (χ3v) is 3.02. The Labute approximate surface area is 87.7 Å². The molecule has 0 saturated heterocycles. The van der Waals surface area contributed by atoms with Crippen molar-refractivity contribution in [1.29, 1.82) is 0 Å². The second-order valence-electron chi connectivity index (χ2n) is 4.81. The molecule has 1 aliphatic carbocycles. The predicted octanol–water partition coefficient (Wildman–Crippen LogP) is 2.89. The van der Waals surface area contributed by atoms with Gasteiger partial charge >= 0.3 is 0 Å². The highest BCUT2D eigenvalue weighted by molar-refractivity contribution is 4.81. The minimum absolute atomic E-state index is 0.316. The Kier molecular flexibility index (Phi) is 4.90. The van der Waals surface area contributed by atoms with E-state index < -0.39 is 0 Å². The zero-order valence-electron chi connectivity index (χ0n) is 9.59. The highest BCUT2D eigenvalue weighted by Crippen LogP contribution is 2.31. The van der Waals surface area contributed by atoms with Gasteiger partial charge in [0.1, 0.15) is 0 Å². The van der Waals surface area contributed by atoms with Gasteiger partial charge in [0.05, 0.1) is 11.7 Å². The fourth-order valence-corrected chi connectivity index (χ4v) is 2.18. The van der Waals surface area contributed by atoms with E-state index in [-0.39, 0.29) is 5.60 Å². The molecule has 0 radical (unpaired) electrons. The van der Waals surface area contributed by atoms with E-state index >= 15 is 0 Å². The van der Waals surface area contributed by atoms with Crippen LogP contribution in [-0.2, 0) is 4.74 Å². The van der Waals surface area contributed by atoms with Crippen LogP contribution in [-0.4, -0.2) is 23.4 Å². The lowest BCUT2D eigenvalue weighted by Crippen LogP contribution is -2.31. The highest BCUT2D eigenvalue weighted by Gasteiger charge is 2.28. The van der Waals surface area contributed by atoms with Gasteiger partial charge in [0.25, 0.3) is 0 Å². The smallest absolute Gasteiger partial charge is 0.0648 e. The first-order valence-corrected chi connectivity index (χ1v) is 5.96. The quantitative estimate of drug-likeness (QED) is 0.691. The maximum atomic E-state index is 10.2. The Morgan fingerprint density at radius 1 is 1.21 bits per heavy atom. The minimum Gasteiger partial charge on any atom is -0.390 e. The fraction of sp³-hybridized carbons (Fsp3) is 1.00. The molecule has 1 fully saturated rings. The summed E-state index contributed by atoms with van der Waals surface area (Å²) >= 11 is 0. The van der Waals surface area contributed by atoms with Gasteiger partial charge in [-0.25, -0.2) is 0 Å². The number of hydrogen-bond donors (Lipinski definition) is 1. The first-order chi connectivity index (χ1) is 6.62. The topological polar surface area (TPSA) is 29.5 Å². The summed E-state index contributed by atoms with van der Waals surface area (Å²) in [6, 6.07) is 0. The van der Waals surface area contributed by atoms with Gasteiger partial charge in [0.15, 0.2) is 0 Å². The van der Waals surface area contributed by atoms with Gasteiger partial charge in [-0.3, -0.25) is 0 Å². The van der Waals surface area contributed by atoms with Crippen molar-refractivity contribution in [2.75, 3.05) is 6.61 Å². The third kappa shape index (κ3) is 4.43. The molecule has 0 amide bonds. The Morgan fingerprint density at radius 3 is 2.43 bits per heavy atom. The normalized spacial score (nSPS) is 21.4. The molecule has 0 aromatic rings. The summed E-state index contributed by atoms with van der Waals surface area (Å²) in [5.41, 5.74) is -0.363. The molecular formula is C12H24O2. The van der Waals surface area contributed by atoms with Crippen LogP contribution in [0.2, 0.25) is 0 Å². The van der Waals surface area contributed by atoms with Crippen molar-refractivity contribution in [1.82, 2.24) is 0 Å². The maximum absolute atomic E-state index is 10.2. The summed E-state index contributed by atoms with van der Waals surface area (Å²) < 4.78 is 5.47. The second-order valence-corrected chi connectivity index (χ2v) is 4.81. The monoisotopic (exact) mass is 200 g/mol. The molecule has 0 unspecified atom stereocenters. The van der Waals surface area contributed by atoms with Crippen molar-refractivity contribution < 1.29 is 9.84 Å². The summed E-state index contributed by atoms with van der Waals surface area (Å²) in [5.74, 6) is 0. The SMILES string of the molecule is CC(C)OCCCC1(O)CCCCC1. The van der Waals surface area contributed by atoms with Crippen LogP contribution < -0.4 is 0 Å². The molecule has 1 aliphatic rings. The summed E-state index contributed by atoms with van der Waals surface area (Å²) in [7, 11) is 0. The van der Waals surface area contributed by atoms with Crippen LogP contribution in [0.4, 0.5) is 0 Å². The molecular weight excluding hydrogens is 176 g/mol. The van der Waals surface area contributed by atoms with Gasteiger partial charge in [0.2, 0.25) is 0 Å². The maximum Gasteiger partial charge on any atom is 0.0648 e. The number of rotatable bonds is 5. The summed E-state index contributed by atoms with van der Waals surface area (Å²) in [6.45, 7) is 4.89. The number of aliphatic hydroxyl groups is 1. The van der Waals surface area contributed by atoms with Crippen molar-refractivity contribution in [2.45, 2.75) is 70.5 Å². The lowest BCUT2D eigenvalue weighted by atomic mass is 9.82. The van der Waals surface area contributed by atoms with Crippen LogP contribution in [0.25, 0.3) is 0 Å². The van der Waals surface area contributed by atoms with E-state index in [4.69, 9.17) is 4.74 Å². The van der Waals surface area contributed by atoms with Gasteiger partial charge < -0.3 is 9.84 Å². The Morgan fingerprint density at radius 2 is 1.86 bits per heavy atom. The van der Waals surface area contributed by atoms with Gasteiger partial charge in [0, 0.05) is 6.61 Å². The van der Waals surface area contributed by atoms with Crippen molar-refractivity contribution in [2.24, 2.45) is 0 Å². The molecule has 84 valence electrons. The second kappa shape index (κ2) is 5.72. The molecule has 1 N–H and O–H groups in total. The molecule has 0 aromatic heterocycles. The lowest BCUT2D eigenvalue weighted by molar-refractivity contribution is -0.0161. The van der Waals surface area contributed by atoms with Crippen molar-refractivity contribution in [3.05, 3.63) is 0 Å². The molecule has 1 saturated carbocycles. The zero-order valence-corrected chi connectivity index (χ0v) is 9.59. The highest BCUT2D eigenvalue weighted by atomic mass is 16.5. The molecule has 0 heterocycles. The van der Waals surface area contributed by atoms with Gasteiger partial charge in [-0.2, -0.15) is 0 Å². The van der Waals surface area contributed by atoms with Gasteiger partial charge in [-0.1, -0.05) is 19.3 Å². The number of ether oxygens (including phenoxy) is 1. The molecule has 2 heteroatoms. The van der Waals surface area contributed by atoms with Gasteiger partial charge in [-0.05, 0) is 39.5 Å². The Balaban J connectivity index is 2.09. The van der Waals surface area contributed by atoms with E-state index in [1.807, 2.05) is 0 Å². The number of hydrogen-bond acceptors (Lipinski definition) is 2. The van der Waals surface area contributed by atoms with Crippen molar-refractivity contribution in [3.8, 4) is 0 Å². The molecule has 0 bridgehead atoms. The van der Waals surface area contributed by atoms with E-state index in [0.29, 0.717) is 6.10 Å². The van der Waals surface area contributed by atoms with Gasteiger partial charge in [-0.15, -0.1) is 0 Å². The van der Waals surface area contributed by atoms with Crippen molar-refractivity contribution >= 4 is 0 Å². The molecule has 0 atom stereocenters. The predicted molar refractivity (Wildman–Crippen MR) is 58.4 cm³/mol. The van der Waals surface area contributed by atoms with Crippen LogP contribution >= 0.6 is 0 Å². The fourth-order valence-electron chi connectivity index (χ4n) is 2.18. The molecule has 0 aliphatic heterocycles. The molecule has 1 rings (SSSR count). The first kappa shape index (κ1) is 12.0. The van der Waals surface area contributed by atoms with E-state index in [9.17, 15) is 5.11 Å². The first-order valence-electron chi connectivity index (χ1n) is 5.96. The lowest BCUT2D eigenvalue weighted by Gasteiger charge is -2.32. The minimum atomic E-state index is -0.363. The largest absolute Gasteiger partial charge is 0.390 e. The van der Waals surface area contributed by atoms with Crippen LogP contribution in [0.5, 0.6) is 0 Å². The summed E-state index contributed by atoms with van der Waals surface area (Å²) in [4.78, 5) is 0. The van der Waals surface area contributed by atoms with Crippen molar-refractivity contribution in [3.63, 3.8) is 0 Å². The van der Waals surface area contributed by atoms with E-state index in [2.05, 4.69) is 13.8 Å². The van der Waals surface area contributed by atoms with E-state index in [1.165, 1.54) is 19.3 Å².